The molecule has 1 aliphatic carbocycles. The Morgan fingerprint density at radius 3 is 2.44 bits per heavy atom. The van der Waals surface area contributed by atoms with Gasteiger partial charge in [-0.15, -0.1) is 13.2 Å². The molecule has 3 nitrogen and oxygen atoms in total. The van der Waals surface area contributed by atoms with Crippen molar-refractivity contribution in [3.8, 4) is 0 Å². The van der Waals surface area contributed by atoms with Gasteiger partial charge >= 0.3 is 7.60 Å². The molecular formula is C12H21O3P. The summed E-state index contributed by atoms with van der Waals surface area (Å²) in [7, 11) is -2.99. The maximum absolute atomic E-state index is 12.3. The molecule has 0 aromatic heterocycles. The Hall–Kier alpha value is -0.370. The molecule has 1 aliphatic rings. The lowest BCUT2D eigenvalue weighted by atomic mass is 9.98. The van der Waals surface area contributed by atoms with Gasteiger partial charge in [0.05, 0.1) is 18.9 Å². The Balaban J connectivity index is 2.50. The fourth-order valence-corrected chi connectivity index (χ4v) is 3.41. The Morgan fingerprint density at radius 1 is 1.19 bits per heavy atom. The molecule has 0 aromatic rings. The van der Waals surface area contributed by atoms with Gasteiger partial charge in [0.2, 0.25) is 0 Å². The summed E-state index contributed by atoms with van der Waals surface area (Å²) in [5.74, 6) is 0. The number of rotatable bonds is 7. The van der Waals surface area contributed by atoms with Crippen LogP contribution in [0.4, 0.5) is 0 Å². The highest BCUT2D eigenvalue weighted by atomic mass is 31.2. The van der Waals surface area contributed by atoms with E-state index in [-0.39, 0.29) is 18.9 Å². The van der Waals surface area contributed by atoms with E-state index in [0.29, 0.717) is 0 Å². The lowest BCUT2D eigenvalue weighted by Crippen LogP contribution is -2.16. The number of hydrogen-bond acceptors (Lipinski definition) is 3. The first-order valence-corrected chi connectivity index (χ1v) is 7.57. The van der Waals surface area contributed by atoms with Gasteiger partial charge in [0.1, 0.15) is 0 Å². The van der Waals surface area contributed by atoms with Crippen LogP contribution in [0.25, 0.3) is 0 Å². The van der Waals surface area contributed by atoms with Crippen LogP contribution < -0.4 is 0 Å². The third-order valence-corrected chi connectivity index (χ3v) is 4.47. The van der Waals surface area contributed by atoms with Crippen LogP contribution in [-0.2, 0) is 13.6 Å². The molecule has 0 radical (unpaired) electrons. The van der Waals surface area contributed by atoms with Crippen LogP contribution in [0.1, 0.15) is 32.1 Å². The average Bonchev–Trinajstić information content (AvgIpc) is 2.28. The molecule has 0 heterocycles. The van der Waals surface area contributed by atoms with Gasteiger partial charge in [0.25, 0.3) is 0 Å². The standard InChI is InChI=1S/C12H21O3P/c1-3-10-14-16(13,11-4-2)15-12-8-6-5-7-9-12/h3-4,12H,1-2,5-11H2. The molecule has 0 aromatic carbocycles. The second kappa shape index (κ2) is 7.05. The zero-order valence-corrected chi connectivity index (χ0v) is 10.7. The van der Waals surface area contributed by atoms with E-state index in [0.717, 1.165) is 25.7 Å². The summed E-state index contributed by atoms with van der Waals surface area (Å²) >= 11 is 0. The summed E-state index contributed by atoms with van der Waals surface area (Å²) < 4.78 is 23.2. The summed E-state index contributed by atoms with van der Waals surface area (Å²) in [5.41, 5.74) is 0. The quantitative estimate of drug-likeness (QED) is 0.503. The van der Waals surface area contributed by atoms with Crippen LogP contribution in [0.2, 0.25) is 0 Å². The molecule has 0 aliphatic heterocycles. The molecule has 92 valence electrons. The smallest absolute Gasteiger partial charge is 0.305 e. The molecule has 0 bridgehead atoms. The summed E-state index contributed by atoms with van der Waals surface area (Å²) in [6, 6.07) is 0. The Kier molecular flexibility index (Phi) is 6.04. The first-order chi connectivity index (χ1) is 7.70. The van der Waals surface area contributed by atoms with Crippen molar-refractivity contribution in [3.05, 3.63) is 25.3 Å². The van der Waals surface area contributed by atoms with Crippen LogP contribution in [-0.4, -0.2) is 18.9 Å². The van der Waals surface area contributed by atoms with E-state index in [2.05, 4.69) is 13.2 Å². The average molecular weight is 244 g/mol. The highest BCUT2D eigenvalue weighted by Gasteiger charge is 2.28. The van der Waals surface area contributed by atoms with Crippen molar-refractivity contribution < 1.29 is 13.6 Å². The lowest BCUT2D eigenvalue weighted by Gasteiger charge is -2.26. The van der Waals surface area contributed by atoms with Crippen molar-refractivity contribution in [1.82, 2.24) is 0 Å². The summed E-state index contributed by atoms with van der Waals surface area (Å²) in [6.45, 7) is 7.39. The van der Waals surface area contributed by atoms with E-state index < -0.39 is 7.60 Å². The third kappa shape index (κ3) is 4.65. The van der Waals surface area contributed by atoms with Crippen molar-refractivity contribution in [2.75, 3.05) is 12.8 Å². The maximum Gasteiger partial charge on any atom is 0.334 e. The van der Waals surface area contributed by atoms with Gasteiger partial charge < -0.3 is 9.05 Å². The minimum Gasteiger partial charge on any atom is -0.305 e. The zero-order chi connectivity index (χ0) is 11.9. The molecule has 1 atom stereocenters. The van der Waals surface area contributed by atoms with E-state index in [1.807, 2.05) is 0 Å². The first kappa shape index (κ1) is 13.7. The molecular weight excluding hydrogens is 223 g/mol. The van der Waals surface area contributed by atoms with E-state index in [1.54, 1.807) is 12.2 Å². The zero-order valence-electron chi connectivity index (χ0n) is 9.77. The normalized spacial score (nSPS) is 21.2. The largest absolute Gasteiger partial charge is 0.334 e. The predicted molar refractivity (Wildman–Crippen MR) is 66.8 cm³/mol. The molecule has 1 fully saturated rings. The molecule has 16 heavy (non-hydrogen) atoms. The number of hydrogen-bond donors (Lipinski definition) is 0. The van der Waals surface area contributed by atoms with Crippen LogP contribution in [0.15, 0.2) is 25.3 Å². The Labute approximate surface area is 98.1 Å². The van der Waals surface area contributed by atoms with Gasteiger partial charge in [0.15, 0.2) is 0 Å². The monoisotopic (exact) mass is 244 g/mol. The van der Waals surface area contributed by atoms with Gasteiger partial charge in [-0.25, -0.2) is 0 Å². The fourth-order valence-electron chi connectivity index (χ4n) is 1.85. The number of allylic oxidation sites excluding steroid dienone is 1. The van der Waals surface area contributed by atoms with Gasteiger partial charge in [-0.2, -0.15) is 0 Å². The Bertz CT molecular complexity index is 269. The van der Waals surface area contributed by atoms with E-state index in [9.17, 15) is 4.57 Å². The fraction of sp³-hybridized carbons (Fsp3) is 0.667. The predicted octanol–water partition coefficient (Wildman–Crippen LogP) is 3.92. The van der Waals surface area contributed by atoms with Crippen LogP contribution >= 0.6 is 7.60 Å². The van der Waals surface area contributed by atoms with Crippen molar-refractivity contribution in [2.24, 2.45) is 0 Å². The summed E-state index contributed by atoms with van der Waals surface area (Å²) in [4.78, 5) is 0. The van der Waals surface area contributed by atoms with Gasteiger partial charge in [-0.1, -0.05) is 31.4 Å². The van der Waals surface area contributed by atoms with Crippen LogP contribution in [0.5, 0.6) is 0 Å². The summed E-state index contributed by atoms with van der Waals surface area (Å²) in [6.07, 6.45) is 9.06. The van der Waals surface area contributed by atoms with Crippen molar-refractivity contribution in [1.29, 1.82) is 0 Å². The van der Waals surface area contributed by atoms with Crippen molar-refractivity contribution in [2.45, 2.75) is 38.2 Å². The maximum atomic E-state index is 12.3. The molecule has 1 unspecified atom stereocenters. The van der Waals surface area contributed by atoms with Gasteiger partial charge in [-0.3, -0.25) is 4.57 Å². The minimum absolute atomic E-state index is 0.0874. The van der Waals surface area contributed by atoms with Crippen molar-refractivity contribution >= 4 is 7.60 Å². The second-order valence-corrected chi connectivity index (χ2v) is 6.09. The second-order valence-electron chi connectivity index (χ2n) is 4.03. The first-order valence-electron chi connectivity index (χ1n) is 5.84. The highest BCUT2D eigenvalue weighted by Crippen LogP contribution is 2.50. The molecule has 1 saturated carbocycles. The lowest BCUT2D eigenvalue weighted by molar-refractivity contribution is 0.123. The summed E-state index contributed by atoms with van der Waals surface area (Å²) in [5, 5.41) is 0. The van der Waals surface area contributed by atoms with Crippen molar-refractivity contribution in [3.63, 3.8) is 0 Å². The molecule has 4 heteroatoms. The van der Waals surface area contributed by atoms with E-state index in [1.165, 1.54) is 6.42 Å². The SMILES string of the molecule is C=CCOP(=O)(CC=C)OC1CCCCC1. The highest BCUT2D eigenvalue weighted by molar-refractivity contribution is 7.54. The molecule has 1 rings (SSSR count). The Morgan fingerprint density at radius 2 is 1.88 bits per heavy atom. The van der Waals surface area contributed by atoms with Gasteiger partial charge in [0, 0.05) is 0 Å². The minimum atomic E-state index is -2.99. The molecule has 0 saturated heterocycles. The van der Waals surface area contributed by atoms with Crippen LogP contribution in [0.3, 0.4) is 0 Å². The van der Waals surface area contributed by atoms with Gasteiger partial charge in [-0.05, 0) is 12.8 Å². The van der Waals surface area contributed by atoms with E-state index in [4.69, 9.17) is 9.05 Å². The third-order valence-electron chi connectivity index (χ3n) is 2.60. The molecule has 0 spiro atoms. The topological polar surface area (TPSA) is 35.5 Å². The van der Waals surface area contributed by atoms with Crippen LogP contribution in [0, 0.1) is 0 Å². The molecule has 0 N–H and O–H groups in total. The van der Waals surface area contributed by atoms with E-state index >= 15 is 0 Å². The molecule has 0 amide bonds.